The van der Waals surface area contributed by atoms with E-state index in [1.54, 1.807) is 31.2 Å². The molecule has 0 aromatic heterocycles. The first-order chi connectivity index (χ1) is 9.97. The van der Waals surface area contributed by atoms with Crippen LogP contribution >= 0.6 is 0 Å². The molecule has 1 aromatic rings. The van der Waals surface area contributed by atoms with Crippen molar-refractivity contribution in [1.82, 2.24) is 4.90 Å². The van der Waals surface area contributed by atoms with Crippen LogP contribution in [0.25, 0.3) is 6.08 Å². The lowest BCUT2D eigenvalue weighted by molar-refractivity contribution is -0.124. The number of ether oxygens (including phenoxy) is 2. The van der Waals surface area contributed by atoms with Crippen molar-refractivity contribution >= 4 is 12.0 Å². The Bertz CT molecular complexity index is 495. The molecule has 0 aliphatic rings. The maximum absolute atomic E-state index is 11.7. The number of likely N-dealkylation sites (N-methyl/N-ethyl adjacent to an activating group) is 1. The quantitative estimate of drug-likeness (QED) is 0.724. The van der Waals surface area contributed by atoms with E-state index in [-0.39, 0.29) is 5.91 Å². The molecule has 0 heterocycles. The van der Waals surface area contributed by atoms with Gasteiger partial charge in [-0.2, -0.15) is 0 Å². The van der Waals surface area contributed by atoms with E-state index >= 15 is 0 Å². The average molecular weight is 291 g/mol. The zero-order valence-electron chi connectivity index (χ0n) is 13.6. The van der Waals surface area contributed by atoms with Crippen LogP contribution in [0.5, 0.6) is 11.5 Å². The molecular weight excluding hydrogens is 266 g/mol. The number of methoxy groups -OCH3 is 1. The summed E-state index contributed by atoms with van der Waals surface area (Å²) in [5, 5.41) is 0. The van der Waals surface area contributed by atoms with Crippen molar-refractivity contribution in [3.63, 3.8) is 0 Å². The van der Waals surface area contributed by atoms with Crippen LogP contribution in [0.2, 0.25) is 0 Å². The standard InChI is InChI=1S/C17H25NO3/c1-6-18(4)17(19)10-8-14-7-9-15(16(11-14)20-5)21-12-13(2)3/h7-11,13H,6,12H2,1-5H3/b10-8+. The molecule has 0 saturated carbocycles. The molecule has 0 radical (unpaired) electrons. The summed E-state index contributed by atoms with van der Waals surface area (Å²) >= 11 is 0. The second-order valence-corrected chi connectivity index (χ2v) is 5.30. The zero-order chi connectivity index (χ0) is 15.8. The van der Waals surface area contributed by atoms with Gasteiger partial charge in [0.1, 0.15) is 0 Å². The van der Waals surface area contributed by atoms with Crippen LogP contribution in [0, 0.1) is 5.92 Å². The van der Waals surface area contributed by atoms with Crippen LogP contribution in [0.1, 0.15) is 26.3 Å². The van der Waals surface area contributed by atoms with Crippen molar-refractivity contribution in [3.8, 4) is 11.5 Å². The largest absolute Gasteiger partial charge is 0.493 e. The van der Waals surface area contributed by atoms with E-state index in [0.29, 0.717) is 24.8 Å². The Morgan fingerprint density at radius 1 is 1.33 bits per heavy atom. The normalized spacial score (nSPS) is 11.0. The van der Waals surface area contributed by atoms with Crippen LogP contribution in [-0.2, 0) is 4.79 Å². The molecule has 0 saturated heterocycles. The Labute approximate surface area is 127 Å². The number of amides is 1. The number of rotatable bonds is 7. The van der Waals surface area contributed by atoms with Crippen molar-refractivity contribution < 1.29 is 14.3 Å². The van der Waals surface area contributed by atoms with Gasteiger partial charge < -0.3 is 14.4 Å². The molecule has 0 bridgehead atoms. The highest BCUT2D eigenvalue weighted by Crippen LogP contribution is 2.28. The van der Waals surface area contributed by atoms with Gasteiger partial charge >= 0.3 is 0 Å². The first kappa shape index (κ1) is 17.1. The van der Waals surface area contributed by atoms with E-state index in [0.717, 1.165) is 11.3 Å². The maximum atomic E-state index is 11.7. The van der Waals surface area contributed by atoms with Gasteiger partial charge in [0.2, 0.25) is 5.91 Å². The number of nitrogens with zero attached hydrogens (tertiary/aromatic N) is 1. The summed E-state index contributed by atoms with van der Waals surface area (Å²) in [6.45, 7) is 7.47. The van der Waals surface area contributed by atoms with Crippen LogP contribution in [0.3, 0.4) is 0 Å². The molecule has 21 heavy (non-hydrogen) atoms. The second-order valence-electron chi connectivity index (χ2n) is 5.30. The highest BCUT2D eigenvalue weighted by atomic mass is 16.5. The number of hydrogen-bond acceptors (Lipinski definition) is 3. The van der Waals surface area contributed by atoms with Crippen LogP contribution < -0.4 is 9.47 Å². The van der Waals surface area contributed by atoms with Gasteiger partial charge in [0.15, 0.2) is 11.5 Å². The minimum absolute atomic E-state index is 0.0170. The first-order valence-corrected chi connectivity index (χ1v) is 7.22. The molecular formula is C17H25NO3. The minimum Gasteiger partial charge on any atom is -0.493 e. The van der Waals surface area contributed by atoms with Gasteiger partial charge in [-0.3, -0.25) is 4.79 Å². The van der Waals surface area contributed by atoms with Crippen LogP contribution in [0.15, 0.2) is 24.3 Å². The molecule has 0 N–H and O–H groups in total. The summed E-state index contributed by atoms with van der Waals surface area (Å²) < 4.78 is 11.0. The molecule has 1 aromatic carbocycles. The predicted octanol–water partition coefficient (Wildman–Crippen LogP) is 3.22. The Balaban J connectivity index is 2.82. The van der Waals surface area contributed by atoms with Gasteiger partial charge in [0.05, 0.1) is 13.7 Å². The molecule has 116 valence electrons. The molecule has 0 spiro atoms. The van der Waals surface area contributed by atoms with E-state index in [2.05, 4.69) is 13.8 Å². The zero-order valence-corrected chi connectivity index (χ0v) is 13.6. The third-order valence-corrected chi connectivity index (χ3v) is 3.03. The van der Waals surface area contributed by atoms with E-state index in [9.17, 15) is 4.79 Å². The summed E-state index contributed by atoms with van der Waals surface area (Å²) in [4.78, 5) is 13.4. The number of benzene rings is 1. The van der Waals surface area contributed by atoms with E-state index < -0.39 is 0 Å². The van der Waals surface area contributed by atoms with Crippen LogP contribution in [0.4, 0.5) is 0 Å². The number of hydrogen-bond donors (Lipinski definition) is 0. The lowest BCUT2D eigenvalue weighted by Gasteiger charge is -2.13. The highest BCUT2D eigenvalue weighted by Gasteiger charge is 2.06. The van der Waals surface area contributed by atoms with Crippen molar-refractivity contribution in [1.29, 1.82) is 0 Å². The Morgan fingerprint density at radius 2 is 2.05 bits per heavy atom. The average Bonchev–Trinajstić information content (AvgIpc) is 2.49. The van der Waals surface area contributed by atoms with Crippen molar-refractivity contribution in [3.05, 3.63) is 29.8 Å². The number of carbonyl (C=O) groups is 1. The Hall–Kier alpha value is -1.97. The SMILES string of the molecule is CCN(C)C(=O)/C=C/c1ccc(OCC(C)C)c(OC)c1. The van der Waals surface area contributed by atoms with E-state index in [1.165, 1.54) is 0 Å². The maximum Gasteiger partial charge on any atom is 0.246 e. The minimum atomic E-state index is -0.0170. The molecule has 0 aliphatic carbocycles. The van der Waals surface area contributed by atoms with Gasteiger partial charge in [0, 0.05) is 19.7 Å². The van der Waals surface area contributed by atoms with Crippen molar-refractivity contribution in [2.75, 3.05) is 27.3 Å². The van der Waals surface area contributed by atoms with Crippen LogP contribution in [-0.4, -0.2) is 38.1 Å². The fourth-order valence-electron chi connectivity index (χ4n) is 1.61. The van der Waals surface area contributed by atoms with Gasteiger partial charge in [-0.05, 0) is 36.6 Å². The summed E-state index contributed by atoms with van der Waals surface area (Å²) in [7, 11) is 3.39. The molecule has 0 atom stereocenters. The smallest absolute Gasteiger partial charge is 0.246 e. The monoisotopic (exact) mass is 291 g/mol. The first-order valence-electron chi connectivity index (χ1n) is 7.22. The van der Waals surface area contributed by atoms with Gasteiger partial charge in [-0.25, -0.2) is 0 Å². The third kappa shape index (κ3) is 5.50. The Kier molecular flexibility index (Phi) is 6.79. The van der Waals surface area contributed by atoms with Gasteiger partial charge in [0.25, 0.3) is 0 Å². The molecule has 1 rings (SSSR count). The van der Waals surface area contributed by atoms with Gasteiger partial charge in [-0.1, -0.05) is 19.9 Å². The van der Waals surface area contributed by atoms with Crippen molar-refractivity contribution in [2.24, 2.45) is 5.92 Å². The molecule has 0 aliphatic heterocycles. The molecule has 1 amide bonds. The third-order valence-electron chi connectivity index (χ3n) is 3.03. The van der Waals surface area contributed by atoms with E-state index in [1.807, 2.05) is 25.1 Å². The second kappa shape index (κ2) is 8.35. The van der Waals surface area contributed by atoms with E-state index in [4.69, 9.17) is 9.47 Å². The number of carbonyl (C=O) groups excluding carboxylic acids is 1. The lowest BCUT2D eigenvalue weighted by atomic mass is 10.2. The fraction of sp³-hybridized carbons (Fsp3) is 0.471. The predicted molar refractivity (Wildman–Crippen MR) is 85.7 cm³/mol. The summed E-state index contributed by atoms with van der Waals surface area (Å²) in [6.07, 6.45) is 3.34. The van der Waals surface area contributed by atoms with Gasteiger partial charge in [-0.15, -0.1) is 0 Å². The van der Waals surface area contributed by atoms with Crippen molar-refractivity contribution in [2.45, 2.75) is 20.8 Å². The lowest BCUT2D eigenvalue weighted by Crippen LogP contribution is -2.23. The fourth-order valence-corrected chi connectivity index (χ4v) is 1.61. The summed E-state index contributed by atoms with van der Waals surface area (Å²) in [5.74, 6) is 1.84. The highest BCUT2D eigenvalue weighted by molar-refractivity contribution is 5.91. The molecule has 4 nitrogen and oxygen atoms in total. The Morgan fingerprint density at radius 3 is 2.62 bits per heavy atom. The topological polar surface area (TPSA) is 38.8 Å². The summed E-state index contributed by atoms with van der Waals surface area (Å²) in [6, 6.07) is 5.65. The summed E-state index contributed by atoms with van der Waals surface area (Å²) in [5.41, 5.74) is 0.904. The molecule has 0 unspecified atom stereocenters. The molecule has 4 heteroatoms. The molecule has 0 fully saturated rings.